The predicted octanol–water partition coefficient (Wildman–Crippen LogP) is 5.96. The van der Waals surface area contributed by atoms with Crippen molar-refractivity contribution in [2.24, 2.45) is 0 Å². The van der Waals surface area contributed by atoms with Crippen LogP contribution in [0.1, 0.15) is 90.3 Å². The molecule has 6 atom stereocenters. The first kappa shape index (κ1) is 33.0. The van der Waals surface area contributed by atoms with E-state index in [9.17, 15) is 9.90 Å². The van der Waals surface area contributed by atoms with Crippen molar-refractivity contribution in [3.63, 3.8) is 0 Å². The van der Waals surface area contributed by atoms with Crippen molar-refractivity contribution in [1.82, 2.24) is 4.90 Å². The average molecular weight is 606 g/mol. The Balaban J connectivity index is 1.84. The number of hydrogen-bond acceptors (Lipinski definition) is 8. The fourth-order valence-corrected chi connectivity index (χ4v) is 6.76. The van der Waals surface area contributed by atoms with Gasteiger partial charge in [-0.2, -0.15) is 0 Å². The molecule has 10 heteroatoms. The van der Waals surface area contributed by atoms with Gasteiger partial charge in [0.1, 0.15) is 23.7 Å². The first-order valence-electron chi connectivity index (χ1n) is 15.2. The molecule has 1 amide bonds. The third kappa shape index (κ3) is 6.30. The van der Waals surface area contributed by atoms with Gasteiger partial charge in [-0.1, -0.05) is 26.8 Å². The lowest BCUT2D eigenvalue weighted by Crippen LogP contribution is -2.60. The number of methoxy groups -OCH3 is 1. The number of carbonyl (C=O) groups excluding carboxylic acids is 1. The Hall–Kier alpha value is -1.95. The number of carbonyl (C=O) groups is 1. The Kier molecular flexibility index (Phi) is 9.30. The Morgan fingerprint density at radius 3 is 2.38 bits per heavy atom. The van der Waals surface area contributed by atoms with Gasteiger partial charge in [0.25, 0.3) is 14.2 Å². The minimum Gasteiger partial charge on any atom is -0.543 e. The van der Waals surface area contributed by atoms with Gasteiger partial charge in [-0.15, -0.1) is 0 Å². The highest BCUT2D eigenvalue weighted by atomic mass is 28.4. The van der Waals surface area contributed by atoms with Crippen LogP contribution in [0.3, 0.4) is 0 Å². The topological polar surface area (TPSA) is 95.9 Å². The maximum absolute atomic E-state index is 14.2. The largest absolute Gasteiger partial charge is 0.543 e. The third-order valence-corrected chi connectivity index (χ3v) is 13.4. The molecule has 2 fully saturated rings. The first-order chi connectivity index (χ1) is 19.5. The number of aliphatic hydroxyl groups is 1. The summed E-state index contributed by atoms with van der Waals surface area (Å²) >= 11 is 0. The van der Waals surface area contributed by atoms with E-state index >= 15 is 0 Å². The molecule has 0 radical (unpaired) electrons. The van der Waals surface area contributed by atoms with E-state index in [1.807, 2.05) is 46.8 Å². The standard InChI is InChI=1S/C32H51NO8Si/c1-12-33(13-2)29(35)26-22(17-21(36-9)18-23(26)41-42(10,11)30(4,5)6)27(34)24-19-25-28(40-31(7,8)38-25)32(39-24)16-14-15-20(3)37-32/h14,16-18,20,24-25,27-28,34H,12-13,15,19H2,1-11H3/t20-,24+,25-,27+,28-,32-/m0/s1. The number of amides is 1. The summed E-state index contributed by atoms with van der Waals surface area (Å²) in [5.74, 6) is -1.38. The van der Waals surface area contributed by atoms with E-state index in [2.05, 4.69) is 33.9 Å². The van der Waals surface area contributed by atoms with Gasteiger partial charge in [0.05, 0.1) is 31.0 Å². The van der Waals surface area contributed by atoms with Gasteiger partial charge in [0.15, 0.2) is 5.79 Å². The zero-order valence-corrected chi connectivity index (χ0v) is 28.3. The molecule has 0 saturated carbocycles. The lowest BCUT2D eigenvalue weighted by Gasteiger charge is -2.48. The Morgan fingerprint density at radius 2 is 1.81 bits per heavy atom. The number of aliphatic hydroxyl groups excluding tert-OH is 1. The molecule has 0 unspecified atom stereocenters. The summed E-state index contributed by atoms with van der Waals surface area (Å²) in [5, 5.41) is 12.0. The molecule has 3 heterocycles. The van der Waals surface area contributed by atoms with Crippen LogP contribution < -0.4 is 9.16 Å². The molecular weight excluding hydrogens is 554 g/mol. The quantitative estimate of drug-likeness (QED) is 0.286. The minimum absolute atomic E-state index is 0.111. The maximum atomic E-state index is 14.2. The number of hydrogen-bond donors (Lipinski definition) is 1. The molecule has 9 nitrogen and oxygen atoms in total. The third-order valence-electron chi connectivity index (χ3n) is 9.03. The smallest absolute Gasteiger partial charge is 0.257 e. The van der Waals surface area contributed by atoms with Crippen LogP contribution in [-0.2, 0) is 18.9 Å². The second-order valence-corrected chi connectivity index (χ2v) is 18.4. The number of rotatable bonds is 8. The summed E-state index contributed by atoms with van der Waals surface area (Å²) in [7, 11) is -0.822. The maximum Gasteiger partial charge on any atom is 0.257 e. The van der Waals surface area contributed by atoms with Gasteiger partial charge in [0, 0.05) is 31.1 Å². The van der Waals surface area contributed by atoms with E-state index in [-0.39, 0.29) is 23.2 Å². The Labute approximate surface area is 252 Å². The second-order valence-electron chi connectivity index (χ2n) is 13.6. The zero-order valence-electron chi connectivity index (χ0n) is 27.3. The molecule has 3 aliphatic rings. The predicted molar refractivity (Wildman–Crippen MR) is 163 cm³/mol. The normalized spacial score (nSPS) is 29.7. The van der Waals surface area contributed by atoms with Crippen LogP contribution in [0.15, 0.2) is 24.3 Å². The van der Waals surface area contributed by atoms with Crippen molar-refractivity contribution >= 4 is 14.2 Å². The molecule has 0 aliphatic carbocycles. The fourth-order valence-electron chi connectivity index (χ4n) is 5.75. The average Bonchev–Trinajstić information content (AvgIpc) is 3.22. The van der Waals surface area contributed by atoms with Crippen molar-refractivity contribution in [1.29, 1.82) is 0 Å². The molecule has 1 N–H and O–H groups in total. The zero-order chi connectivity index (χ0) is 31.3. The van der Waals surface area contributed by atoms with E-state index in [0.29, 0.717) is 42.1 Å². The molecule has 1 aromatic rings. The molecule has 236 valence electrons. The van der Waals surface area contributed by atoms with Crippen LogP contribution in [-0.4, -0.2) is 80.4 Å². The molecule has 2 saturated heterocycles. The van der Waals surface area contributed by atoms with E-state index < -0.39 is 38.2 Å². The molecule has 0 aromatic heterocycles. The highest BCUT2D eigenvalue weighted by Crippen LogP contribution is 2.49. The summed E-state index contributed by atoms with van der Waals surface area (Å²) in [4.78, 5) is 15.9. The van der Waals surface area contributed by atoms with Gasteiger partial charge < -0.3 is 38.1 Å². The molecule has 1 aromatic carbocycles. The second kappa shape index (κ2) is 11.9. The molecule has 3 aliphatic heterocycles. The van der Waals surface area contributed by atoms with Crippen molar-refractivity contribution in [2.75, 3.05) is 20.2 Å². The summed E-state index contributed by atoms with van der Waals surface area (Å²) in [6.07, 6.45) is 2.01. The van der Waals surface area contributed by atoms with Crippen molar-refractivity contribution in [3.05, 3.63) is 35.4 Å². The number of fused-ring (bicyclic) bond motifs is 2. The number of nitrogens with zero attached hydrogens (tertiary/aromatic N) is 1. The monoisotopic (exact) mass is 605 g/mol. The molecule has 42 heavy (non-hydrogen) atoms. The highest BCUT2D eigenvalue weighted by Gasteiger charge is 2.60. The number of benzene rings is 1. The fraction of sp³-hybridized carbons (Fsp3) is 0.719. The summed E-state index contributed by atoms with van der Waals surface area (Å²) in [6.45, 7) is 21.3. The van der Waals surface area contributed by atoms with Crippen LogP contribution >= 0.6 is 0 Å². The van der Waals surface area contributed by atoms with Gasteiger partial charge in [-0.3, -0.25) is 4.79 Å². The highest BCUT2D eigenvalue weighted by molar-refractivity contribution is 6.74. The van der Waals surface area contributed by atoms with Crippen LogP contribution in [0.25, 0.3) is 0 Å². The van der Waals surface area contributed by atoms with Gasteiger partial charge >= 0.3 is 0 Å². The molecule has 1 spiro atoms. The summed E-state index contributed by atoms with van der Waals surface area (Å²) in [5.41, 5.74) is 0.721. The van der Waals surface area contributed by atoms with Crippen molar-refractivity contribution < 1.29 is 38.0 Å². The Morgan fingerprint density at radius 1 is 1.14 bits per heavy atom. The number of ether oxygens (including phenoxy) is 5. The summed E-state index contributed by atoms with van der Waals surface area (Å²) in [6, 6.07) is 3.48. The SMILES string of the molecule is CCN(CC)C(=O)c1c(O[Si](C)(C)C(C)(C)C)cc(OC)cc1[C@@H](O)[C@H]1C[C@@H]2OC(C)(C)O[C@@H]2[C@]2(C=CC[C@H](C)O2)O1. The van der Waals surface area contributed by atoms with E-state index in [1.165, 1.54) is 0 Å². The molecular formula is C32H51NO8Si. The van der Waals surface area contributed by atoms with Crippen LogP contribution in [0.5, 0.6) is 11.5 Å². The summed E-state index contributed by atoms with van der Waals surface area (Å²) < 4.78 is 38.1. The van der Waals surface area contributed by atoms with Crippen LogP contribution in [0.2, 0.25) is 18.1 Å². The van der Waals surface area contributed by atoms with E-state index in [1.54, 1.807) is 24.1 Å². The lowest BCUT2D eigenvalue weighted by molar-refractivity contribution is -0.328. The van der Waals surface area contributed by atoms with Gasteiger partial charge in [-0.25, -0.2) is 0 Å². The first-order valence-corrected chi connectivity index (χ1v) is 18.2. The van der Waals surface area contributed by atoms with Crippen LogP contribution in [0.4, 0.5) is 0 Å². The lowest BCUT2D eigenvalue weighted by atomic mass is 9.87. The van der Waals surface area contributed by atoms with E-state index in [0.717, 1.165) is 6.42 Å². The molecule has 4 rings (SSSR count). The molecule has 0 bridgehead atoms. The van der Waals surface area contributed by atoms with Gasteiger partial charge in [0.2, 0.25) is 5.79 Å². The van der Waals surface area contributed by atoms with Gasteiger partial charge in [-0.05, 0) is 71.3 Å². The van der Waals surface area contributed by atoms with Crippen molar-refractivity contribution in [3.8, 4) is 11.5 Å². The minimum atomic E-state index is -2.39. The van der Waals surface area contributed by atoms with E-state index in [4.69, 9.17) is 28.1 Å². The van der Waals surface area contributed by atoms with Crippen LogP contribution in [0, 0.1) is 0 Å². The van der Waals surface area contributed by atoms with Crippen molar-refractivity contribution in [2.45, 2.75) is 128 Å². The Bertz CT molecular complexity index is 1170.